The summed E-state index contributed by atoms with van der Waals surface area (Å²) < 4.78 is 5.09. The van der Waals surface area contributed by atoms with Gasteiger partial charge in [0.05, 0.1) is 7.11 Å². The number of anilines is 1. The van der Waals surface area contributed by atoms with Gasteiger partial charge in [-0.15, -0.1) is 0 Å². The molecule has 1 heterocycles. The van der Waals surface area contributed by atoms with Crippen molar-refractivity contribution in [1.29, 1.82) is 0 Å². The molecule has 2 amide bonds. The molecule has 1 aromatic rings. The van der Waals surface area contributed by atoms with Gasteiger partial charge in [-0.2, -0.15) is 0 Å². The van der Waals surface area contributed by atoms with E-state index < -0.39 is 0 Å². The highest BCUT2D eigenvalue weighted by Gasteiger charge is 2.23. The van der Waals surface area contributed by atoms with Crippen LogP contribution in [0.5, 0.6) is 5.75 Å². The number of hydrogen-bond acceptors (Lipinski definition) is 3. The van der Waals surface area contributed by atoms with Crippen molar-refractivity contribution in [3.63, 3.8) is 0 Å². The molecule has 116 valence electrons. The van der Waals surface area contributed by atoms with Crippen LogP contribution >= 0.6 is 0 Å². The van der Waals surface area contributed by atoms with E-state index in [1.165, 1.54) is 12.8 Å². The lowest BCUT2D eigenvalue weighted by Gasteiger charge is -2.32. The number of ether oxygens (including phenoxy) is 1. The zero-order valence-electron chi connectivity index (χ0n) is 12.8. The third-order valence-electron chi connectivity index (χ3n) is 4.08. The smallest absolute Gasteiger partial charge is 0.319 e. The maximum Gasteiger partial charge on any atom is 0.319 e. The third-order valence-corrected chi connectivity index (χ3v) is 4.08. The van der Waals surface area contributed by atoms with E-state index in [0.717, 1.165) is 24.4 Å². The zero-order valence-corrected chi connectivity index (χ0v) is 12.8. The van der Waals surface area contributed by atoms with Crippen LogP contribution in [0.2, 0.25) is 0 Å². The molecular formula is C16H25N3O2. The summed E-state index contributed by atoms with van der Waals surface area (Å²) in [7, 11) is 1.62. The minimum Gasteiger partial charge on any atom is -0.497 e. The summed E-state index contributed by atoms with van der Waals surface area (Å²) in [5.74, 6) is 1.43. The van der Waals surface area contributed by atoms with Crippen molar-refractivity contribution >= 4 is 11.7 Å². The molecule has 2 atom stereocenters. The van der Waals surface area contributed by atoms with Crippen molar-refractivity contribution in [1.82, 2.24) is 10.6 Å². The van der Waals surface area contributed by atoms with Gasteiger partial charge < -0.3 is 20.7 Å². The van der Waals surface area contributed by atoms with E-state index in [1.54, 1.807) is 7.11 Å². The monoisotopic (exact) mass is 291 g/mol. The maximum atomic E-state index is 11.9. The predicted molar refractivity (Wildman–Crippen MR) is 84.8 cm³/mol. The first-order valence-corrected chi connectivity index (χ1v) is 7.65. The van der Waals surface area contributed by atoms with Gasteiger partial charge in [0, 0.05) is 18.3 Å². The summed E-state index contributed by atoms with van der Waals surface area (Å²) in [6.45, 7) is 3.92. The second-order valence-electron chi connectivity index (χ2n) is 5.43. The van der Waals surface area contributed by atoms with Gasteiger partial charge in [-0.3, -0.25) is 0 Å². The summed E-state index contributed by atoms with van der Waals surface area (Å²) in [4.78, 5) is 11.9. The lowest BCUT2D eigenvalue weighted by Crippen LogP contribution is -2.49. The fraction of sp³-hybridized carbons (Fsp3) is 0.562. The molecule has 0 spiro atoms. The molecule has 0 aromatic heterocycles. The number of carbonyl (C=O) groups excluding carboxylic acids is 1. The Balaban J connectivity index is 1.78. The molecule has 1 saturated heterocycles. The summed E-state index contributed by atoms with van der Waals surface area (Å²) in [5, 5.41) is 9.28. The molecule has 0 bridgehead atoms. The van der Waals surface area contributed by atoms with Crippen molar-refractivity contribution < 1.29 is 9.53 Å². The van der Waals surface area contributed by atoms with Gasteiger partial charge in [-0.25, -0.2) is 4.79 Å². The van der Waals surface area contributed by atoms with E-state index >= 15 is 0 Å². The summed E-state index contributed by atoms with van der Waals surface area (Å²) in [6, 6.07) is 7.52. The highest BCUT2D eigenvalue weighted by atomic mass is 16.5. The fourth-order valence-corrected chi connectivity index (χ4v) is 2.80. The Morgan fingerprint density at radius 3 is 2.81 bits per heavy atom. The molecule has 5 heteroatoms. The van der Waals surface area contributed by atoms with Crippen molar-refractivity contribution in [3.8, 4) is 5.75 Å². The van der Waals surface area contributed by atoms with Gasteiger partial charge in [0.25, 0.3) is 0 Å². The van der Waals surface area contributed by atoms with Gasteiger partial charge >= 0.3 is 6.03 Å². The molecule has 2 rings (SSSR count). The molecule has 1 aliphatic heterocycles. The number of urea groups is 1. The zero-order chi connectivity index (χ0) is 15.1. The Bertz CT molecular complexity index is 447. The van der Waals surface area contributed by atoms with Gasteiger partial charge in [-0.05, 0) is 49.6 Å². The average Bonchev–Trinajstić information content (AvgIpc) is 2.54. The Kier molecular flexibility index (Phi) is 5.87. The van der Waals surface area contributed by atoms with Crippen molar-refractivity contribution in [2.45, 2.75) is 32.2 Å². The first kappa shape index (κ1) is 15.6. The standard InChI is InChI=1S/C16H25N3O2/c1-3-12-5-4-10-17-15(12)11-18-16(20)19-13-6-8-14(21-2)9-7-13/h6-9,12,15,17H,3-5,10-11H2,1-2H3,(H2,18,19,20). The number of piperidine rings is 1. The first-order valence-electron chi connectivity index (χ1n) is 7.65. The number of benzene rings is 1. The normalized spacial score (nSPS) is 21.6. The third kappa shape index (κ3) is 4.63. The average molecular weight is 291 g/mol. The molecule has 21 heavy (non-hydrogen) atoms. The molecule has 2 unspecified atom stereocenters. The summed E-state index contributed by atoms with van der Waals surface area (Å²) in [6.07, 6.45) is 3.63. The molecule has 1 fully saturated rings. The van der Waals surface area contributed by atoms with Crippen LogP contribution in [0.1, 0.15) is 26.2 Å². The highest BCUT2D eigenvalue weighted by molar-refractivity contribution is 5.89. The number of amides is 2. The first-order chi connectivity index (χ1) is 10.2. The van der Waals surface area contributed by atoms with Gasteiger partial charge in [0.15, 0.2) is 0 Å². The van der Waals surface area contributed by atoms with Gasteiger partial charge in [-0.1, -0.05) is 13.3 Å². The summed E-state index contributed by atoms with van der Waals surface area (Å²) >= 11 is 0. The molecule has 0 aliphatic carbocycles. The minimum absolute atomic E-state index is 0.164. The van der Waals surface area contributed by atoms with E-state index in [0.29, 0.717) is 18.5 Å². The molecule has 1 aromatic carbocycles. The SMILES string of the molecule is CCC1CCCNC1CNC(=O)Nc1ccc(OC)cc1. The van der Waals surface area contributed by atoms with Crippen LogP contribution in [0, 0.1) is 5.92 Å². The van der Waals surface area contributed by atoms with E-state index in [1.807, 2.05) is 24.3 Å². The molecule has 1 aliphatic rings. The van der Waals surface area contributed by atoms with Crippen LogP contribution in [0.15, 0.2) is 24.3 Å². The molecule has 3 N–H and O–H groups in total. The van der Waals surface area contributed by atoms with E-state index in [9.17, 15) is 4.79 Å². The molecule has 0 saturated carbocycles. The number of rotatable bonds is 5. The number of nitrogens with one attached hydrogen (secondary N) is 3. The largest absolute Gasteiger partial charge is 0.497 e. The quantitative estimate of drug-likeness (QED) is 0.781. The lowest BCUT2D eigenvalue weighted by atomic mass is 9.89. The van der Waals surface area contributed by atoms with Crippen molar-refractivity contribution in [2.75, 3.05) is 25.5 Å². The Morgan fingerprint density at radius 1 is 1.38 bits per heavy atom. The van der Waals surface area contributed by atoms with E-state index in [4.69, 9.17) is 4.74 Å². The van der Waals surface area contributed by atoms with Crippen molar-refractivity contribution in [3.05, 3.63) is 24.3 Å². The fourth-order valence-electron chi connectivity index (χ4n) is 2.80. The topological polar surface area (TPSA) is 62.4 Å². The highest BCUT2D eigenvalue weighted by Crippen LogP contribution is 2.19. The predicted octanol–water partition coefficient (Wildman–Crippen LogP) is 2.59. The van der Waals surface area contributed by atoms with Crippen molar-refractivity contribution in [2.24, 2.45) is 5.92 Å². The van der Waals surface area contributed by atoms with Crippen LogP contribution in [0.25, 0.3) is 0 Å². The second kappa shape index (κ2) is 7.88. The second-order valence-corrected chi connectivity index (χ2v) is 5.43. The number of methoxy groups -OCH3 is 1. The van der Waals surface area contributed by atoms with Gasteiger partial charge in [0.1, 0.15) is 5.75 Å². The van der Waals surface area contributed by atoms with Crippen LogP contribution in [0.3, 0.4) is 0 Å². The van der Waals surface area contributed by atoms with E-state index in [2.05, 4.69) is 22.9 Å². The maximum absolute atomic E-state index is 11.9. The number of hydrogen-bond donors (Lipinski definition) is 3. The summed E-state index contributed by atoms with van der Waals surface area (Å²) in [5.41, 5.74) is 0.761. The van der Waals surface area contributed by atoms with E-state index in [-0.39, 0.29) is 6.03 Å². The Labute approximate surface area is 126 Å². The minimum atomic E-state index is -0.164. The van der Waals surface area contributed by atoms with Crippen LogP contribution in [-0.4, -0.2) is 32.3 Å². The molecule has 5 nitrogen and oxygen atoms in total. The van der Waals surface area contributed by atoms with Crippen LogP contribution in [-0.2, 0) is 0 Å². The number of carbonyl (C=O) groups is 1. The lowest BCUT2D eigenvalue weighted by molar-refractivity contribution is 0.239. The van der Waals surface area contributed by atoms with Crippen LogP contribution in [0.4, 0.5) is 10.5 Å². The van der Waals surface area contributed by atoms with Crippen LogP contribution < -0.4 is 20.7 Å². The molecular weight excluding hydrogens is 266 g/mol. The van der Waals surface area contributed by atoms with Gasteiger partial charge in [0.2, 0.25) is 0 Å². The Morgan fingerprint density at radius 2 is 2.14 bits per heavy atom. The Hall–Kier alpha value is -1.75. The molecule has 0 radical (unpaired) electrons.